The van der Waals surface area contributed by atoms with Crippen molar-refractivity contribution >= 4 is 23.1 Å². The van der Waals surface area contributed by atoms with Gasteiger partial charge >= 0.3 is 6.09 Å². The van der Waals surface area contributed by atoms with E-state index in [0.29, 0.717) is 13.0 Å². The second kappa shape index (κ2) is 10.2. The molecule has 2 saturated heterocycles. The quantitative estimate of drug-likeness (QED) is 0.612. The normalized spacial score (nSPS) is 26.8. The summed E-state index contributed by atoms with van der Waals surface area (Å²) in [6.07, 6.45) is 6.65. The fourth-order valence-electron chi connectivity index (χ4n) is 4.54. The Labute approximate surface area is 206 Å². The van der Waals surface area contributed by atoms with Crippen LogP contribution in [0.1, 0.15) is 59.4 Å². The minimum Gasteiger partial charge on any atom is -0.444 e. The summed E-state index contributed by atoms with van der Waals surface area (Å²) >= 11 is 0. The molecule has 0 saturated carbocycles. The highest BCUT2D eigenvalue weighted by atomic mass is 19.1. The van der Waals surface area contributed by atoms with Crippen LogP contribution in [0.15, 0.2) is 36.5 Å². The van der Waals surface area contributed by atoms with E-state index in [1.54, 1.807) is 12.3 Å². The lowest BCUT2D eigenvalue weighted by atomic mass is 9.94. The summed E-state index contributed by atoms with van der Waals surface area (Å²) in [6.45, 7) is 9.76. The molecule has 3 heterocycles. The number of halogens is 1. The van der Waals surface area contributed by atoms with E-state index in [1.807, 2.05) is 52.8 Å². The van der Waals surface area contributed by atoms with Crippen molar-refractivity contribution in [3.05, 3.63) is 47.9 Å². The molecule has 1 unspecified atom stereocenters. The number of carbonyl (C=O) groups is 1. The van der Waals surface area contributed by atoms with Crippen LogP contribution in [0.2, 0.25) is 0 Å². The number of nitrogens with one attached hydrogen (secondary N) is 1. The summed E-state index contributed by atoms with van der Waals surface area (Å²) in [4.78, 5) is 16.8. The van der Waals surface area contributed by atoms with E-state index >= 15 is 0 Å². The first-order chi connectivity index (χ1) is 16.5. The van der Waals surface area contributed by atoms with Gasteiger partial charge in [0.15, 0.2) is 5.79 Å². The van der Waals surface area contributed by atoms with Gasteiger partial charge in [-0.15, -0.1) is 0 Å². The molecule has 2 aliphatic rings. The molecule has 4 rings (SSSR count). The number of benzene rings is 1. The lowest BCUT2D eigenvalue weighted by Crippen LogP contribution is -2.51. The van der Waals surface area contributed by atoms with E-state index in [-0.39, 0.29) is 30.2 Å². The van der Waals surface area contributed by atoms with Gasteiger partial charge in [-0.3, -0.25) is 4.98 Å². The van der Waals surface area contributed by atoms with Crippen molar-refractivity contribution in [3.63, 3.8) is 0 Å². The number of fused-ring (bicyclic) bond motifs is 1. The highest BCUT2D eigenvalue weighted by Gasteiger charge is 2.39. The van der Waals surface area contributed by atoms with Crippen LogP contribution in [-0.2, 0) is 18.9 Å². The van der Waals surface area contributed by atoms with Gasteiger partial charge in [-0.05, 0) is 77.3 Å². The molecule has 7 nitrogen and oxygen atoms in total. The number of carbonyl (C=O) groups excluding carboxylic acids is 1. The van der Waals surface area contributed by atoms with Crippen LogP contribution in [0.3, 0.4) is 0 Å². The van der Waals surface area contributed by atoms with Gasteiger partial charge in [0.1, 0.15) is 11.4 Å². The summed E-state index contributed by atoms with van der Waals surface area (Å²) in [7, 11) is 0. The molecule has 8 heteroatoms. The Kier molecular flexibility index (Phi) is 7.45. The molecule has 0 radical (unpaired) electrons. The van der Waals surface area contributed by atoms with E-state index in [9.17, 15) is 9.18 Å². The number of ether oxygens (including phenoxy) is 4. The van der Waals surface area contributed by atoms with Gasteiger partial charge in [0, 0.05) is 18.0 Å². The van der Waals surface area contributed by atoms with E-state index in [0.717, 1.165) is 29.3 Å². The monoisotopic (exact) mass is 486 g/mol. The Bertz CT molecular complexity index is 1080. The maximum Gasteiger partial charge on any atom is 0.407 e. The fourth-order valence-corrected chi connectivity index (χ4v) is 4.54. The largest absolute Gasteiger partial charge is 0.444 e. The van der Waals surface area contributed by atoms with E-state index < -0.39 is 17.5 Å². The number of alkyl carbamates (subject to hydrolysis) is 1. The molecular weight excluding hydrogens is 451 g/mol. The number of hydrogen-bond acceptors (Lipinski definition) is 6. The van der Waals surface area contributed by atoms with Crippen molar-refractivity contribution < 1.29 is 28.1 Å². The topological polar surface area (TPSA) is 78.9 Å². The van der Waals surface area contributed by atoms with Crippen LogP contribution in [0.5, 0.6) is 0 Å². The SMILES string of the molecule is CC(C)(C)OC(=O)N[C@@H]1CC[C@@H](C=Cc2ccnc3ccc(F)cc23)O[C@@H]1CC1COC(C)(C)O1. The number of amides is 1. The van der Waals surface area contributed by atoms with Crippen LogP contribution < -0.4 is 5.32 Å². The predicted molar refractivity (Wildman–Crippen MR) is 131 cm³/mol. The Hall–Kier alpha value is -2.55. The zero-order chi connectivity index (χ0) is 25.2. The summed E-state index contributed by atoms with van der Waals surface area (Å²) in [6, 6.07) is 6.22. The average Bonchev–Trinajstić information content (AvgIpc) is 3.10. The summed E-state index contributed by atoms with van der Waals surface area (Å²) in [5.74, 6) is -0.934. The highest BCUT2D eigenvalue weighted by molar-refractivity contribution is 5.87. The molecule has 35 heavy (non-hydrogen) atoms. The van der Waals surface area contributed by atoms with Crippen molar-refractivity contribution in [2.75, 3.05) is 6.61 Å². The number of rotatable bonds is 5. The zero-order valence-corrected chi connectivity index (χ0v) is 21.0. The first-order valence-corrected chi connectivity index (χ1v) is 12.2. The van der Waals surface area contributed by atoms with Crippen LogP contribution in [-0.4, -0.2) is 53.4 Å². The molecule has 2 aliphatic heterocycles. The smallest absolute Gasteiger partial charge is 0.407 e. The molecule has 1 aromatic heterocycles. The highest BCUT2D eigenvalue weighted by Crippen LogP contribution is 2.31. The third-order valence-corrected chi connectivity index (χ3v) is 6.05. The van der Waals surface area contributed by atoms with Crippen molar-refractivity contribution in [2.45, 2.75) is 89.6 Å². The Morgan fingerprint density at radius 2 is 2.09 bits per heavy atom. The first kappa shape index (κ1) is 25.5. The van der Waals surface area contributed by atoms with Gasteiger partial charge < -0.3 is 24.3 Å². The van der Waals surface area contributed by atoms with Crippen LogP contribution in [0.4, 0.5) is 9.18 Å². The van der Waals surface area contributed by atoms with Crippen LogP contribution in [0.25, 0.3) is 17.0 Å². The number of pyridine rings is 1. The molecule has 1 amide bonds. The maximum atomic E-state index is 13.8. The first-order valence-electron chi connectivity index (χ1n) is 12.2. The molecule has 0 aliphatic carbocycles. The van der Waals surface area contributed by atoms with Gasteiger partial charge in [-0.2, -0.15) is 0 Å². The average molecular weight is 487 g/mol. The van der Waals surface area contributed by atoms with Crippen LogP contribution >= 0.6 is 0 Å². The van der Waals surface area contributed by atoms with Gasteiger partial charge in [-0.1, -0.05) is 12.2 Å². The maximum absolute atomic E-state index is 13.8. The third kappa shape index (κ3) is 6.99. The molecule has 0 spiro atoms. The lowest BCUT2D eigenvalue weighted by molar-refractivity contribution is -0.146. The zero-order valence-electron chi connectivity index (χ0n) is 21.0. The fraction of sp³-hybridized carbons (Fsp3) is 0.556. The van der Waals surface area contributed by atoms with E-state index in [1.165, 1.54) is 12.1 Å². The van der Waals surface area contributed by atoms with Gasteiger partial charge in [0.05, 0.1) is 36.5 Å². The molecule has 1 N–H and O–H groups in total. The van der Waals surface area contributed by atoms with E-state index in [4.69, 9.17) is 18.9 Å². The molecule has 4 atom stereocenters. The molecule has 190 valence electrons. The predicted octanol–water partition coefficient (Wildman–Crippen LogP) is 5.37. The number of nitrogens with zero attached hydrogens (tertiary/aromatic N) is 1. The van der Waals surface area contributed by atoms with Gasteiger partial charge in [0.2, 0.25) is 0 Å². The van der Waals surface area contributed by atoms with Crippen molar-refractivity contribution in [1.82, 2.24) is 10.3 Å². The number of aromatic nitrogens is 1. The van der Waals surface area contributed by atoms with Crippen molar-refractivity contribution in [3.8, 4) is 0 Å². The van der Waals surface area contributed by atoms with Gasteiger partial charge in [0.25, 0.3) is 0 Å². The second-order valence-corrected chi connectivity index (χ2v) is 10.7. The summed E-state index contributed by atoms with van der Waals surface area (Å²) in [5, 5.41) is 3.74. The molecule has 1 aromatic carbocycles. The number of hydrogen-bond donors (Lipinski definition) is 1. The molecule has 2 aromatic rings. The second-order valence-electron chi connectivity index (χ2n) is 10.7. The standard InChI is InChI=1S/C27H35FN2O5/c1-26(2,3)35-25(31)30-23-11-9-19(33-24(23)15-20-16-32-27(4,5)34-20)8-6-17-12-13-29-22-10-7-18(28)14-21(17)22/h6-8,10,12-14,19-20,23-24H,9,11,15-16H2,1-5H3,(H,30,31)/t19-,20?,23-,24-/m1/s1. The Morgan fingerprint density at radius 3 is 2.80 bits per heavy atom. The molecular formula is C27H35FN2O5. The Morgan fingerprint density at radius 1 is 1.29 bits per heavy atom. The van der Waals surface area contributed by atoms with Crippen molar-refractivity contribution in [1.29, 1.82) is 0 Å². The van der Waals surface area contributed by atoms with Gasteiger partial charge in [-0.25, -0.2) is 9.18 Å². The minimum atomic E-state index is -0.635. The third-order valence-electron chi connectivity index (χ3n) is 6.05. The summed E-state index contributed by atoms with van der Waals surface area (Å²) in [5.41, 5.74) is 1.02. The molecule has 2 fully saturated rings. The Balaban J connectivity index is 1.48. The molecule has 0 bridgehead atoms. The summed E-state index contributed by atoms with van der Waals surface area (Å²) < 4.78 is 37.4. The van der Waals surface area contributed by atoms with Crippen LogP contribution in [0, 0.1) is 5.82 Å². The van der Waals surface area contributed by atoms with E-state index in [2.05, 4.69) is 10.3 Å². The van der Waals surface area contributed by atoms with Crippen molar-refractivity contribution in [2.24, 2.45) is 0 Å². The lowest BCUT2D eigenvalue weighted by Gasteiger charge is -2.37. The minimum absolute atomic E-state index is 0.132.